The third-order valence-electron chi connectivity index (χ3n) is 4.41. The number of carbonyl (C=O) groups excluding carboxylic acids is 1. The molecule has 0 saturated carbocycles. The van der Waals surface area contributed by atoms with Crippen LogP contribution in [0, 0.1) is 0 Å². The summed E-state index contributed by atoms with van der Waals surface area (Å²) in [6.07, 6.45) is 0. The second-order valence-corrected chi connectivity index (χ2v) is 16.8. The van der Waals surface area contributed by atoms with Crippen LogP contribution in [0.2, 0.25) is 0 Å². The molecule has 3 aromatic carbocycles. The van der Waals surface area contributed by atoms with Crippen LogP contribution in [0.25, 0.3) is 0 Å². The Kier molecular flexibility index (Phi) is 6.29. The molecule has 0 unspecified atom stereocenters. The van der Waals surface area contributed by atoms with Crippen molar-refractivity contribution >= 4 is 25.3 Å². The molecule has 3 rings (SSSR count). The fraction of sp³-hybridized carbons (Fsp3) is 0.136. The van der Waals surface area contributed by atoms with Gasteiger partial charge in [0, 0.05) is 0 Å². The normalized spacial score (nSPS) is 11.0. The monoisotopic (exact) mass is 438 g/mol. The zero-order valence-electron chi connectivity index (χ0n) is 14.2. The van der Waals surface area contributed by atoms with Gasteiger partial charge >= 0.3 is 154 Å². The predicted octanol–water partition coefficient (Wildman–Crippen LogP) is 4.45. The first-order valence-electron chi connectivity index (χ1n) is 8.53. The summed E-state index contributed by atoms with van der Waals surface area (Å²) in [6.45, 7) is 0.685. The summed E-state index contributed by atoms with van der Waals surface area (Å²) in [6, 6.07) is 31.2. The van der Waals surface area contributed by atoms with Crippen LogP contribution < -0.4 is 0 Å². The Hall–Kier alpha value is -2.07. The quantitative estimate of drug-likeness (QED) is 0.385. The second-order valence-electron chi connectivity index (χ2n) is 6.38. The van der Waals surface area contributed by atoms with Crippen molar-refractivity contribution in [1.29, 1.82) is 0 Å². The molecule has 0 bridgehead atoms. The van der Waals surface area contributed by atoms with E-state index in [4.69, 9.17) is 3.07 Å². The molecule has 0 saturated heterocycles. The fourth-order valence-corrected chi connectivity index (χ4v) is 14.1. The van der Waals surface area contributed by atoms with Crippen LogP contribution in [0.5, 0.6) is 0 Å². The molecule has 2 nitrogen and oxygen atoms in total. The van der Waals surface area contributed by atoms with Gasteiger partial charge in [-0.15, -0.1) is 0 Å². The average Bonchev–Trinajstić information content (AvgIpc) is 2.64. The number of hydrogen-bond donors (Lipinski definition) is 0. The molecule has 25 heavy (non-hydrogen) atoms. The predicted molar refractivity (Wildman–Crippen MR) is 103 cm³/mol. The average molecular weight is 437 g/mol. The van der Waals surface area contributed by atoms with E-state index in [-0.39, 0.29) is 0 Å². The first-order chi connectivity index (χ1) is 12.3. The van der Waals surface area contributed by atoms with Crippen molar-refractivity contribution in [2.45, 2.75) is 13.3 Å². The van der Waals surface area contributed by atoms with E-state index in [1.54, 1.807) is 0 Å². The van der Waals surface area contributed by atoms with Gasteiger partial charge in [-0.05, 0) is 0 Å². The molecule has 0 heterocycles. The van der Waals surface area contributed by atoms with Crippen molar-refractivity contribution in [3.05, 3.63) is 108 Å². The molecule has 0 spiro atoms. The van der Waals surface area contributed by atoms with Crippen molar-refractivity contribution in [3.8, 4) is 0 Å². The molecule has 0 radical (unpaired) electrons. The Bertz CT molecular complexity index is 671. The van der Waals surface area contributed by atoms with Crippen LogP contribution in [0.4, 0.5) is 0 Å². The minimum absolute atomic E-state index is 0.685. The van der Waals surface area contributed by atoms with Crippen LogP contribution in [-0.4, -0.2) is 25.3 Å². The van der Waals surface area contributed by atoms with E-state index in [9.17, 15) is 4.79 Å². The summed E-state index contributed by atoms with van der Waals surface area (Å²) in [4.78, 5) is 11.4. The summed E-state index contributed by atoms with van der Waals surface area (Å²) in [7, 11) is 0. The van der Waals surface area contributed by atoms with E-state index in [2.05, 4.69) is 72.8 Å². The number of carbonyl (C=O) groups is 1. The van der Waals surface area contributed by atoms with E-state index in [1.807, 2.05) is 18.2 Å². The maximum atomic E-state index is 11.4. The number of benzene rings is 3. The topological polar surface area (TPSA) is 26.3 Å². The molecule has 0 aromatic heterocycles. The summed E-state index contributed by atoms with van der Waals surface area (Å²) in [5.74, 6) is 0. The number of rotatable bonds is 8. The molecule has 0 fully saturated rings. The minimum atomic E-state index is -3.30. The second kappa shape index (κ2) is 8.86. The first-order valence-corrected chi connectivity index (χ1v) is 15.7. The molecule has 0 aliphatic heterocycles. The van der Waals surface area contributed by atoms with Gasteiger partial charge in [-0.3, -0.25) is 0 Å². The van der Waals surface area contributed by atoms with Gasteiger partial charge in [0.1, 0.15) is 0 Å². The number of hydrogen-bond acceptors (Lipinski definition) is 2. The van der Waals surface area contributed by atoms with Crippen molar-refractivity contribution in [1.82, 2.24) is 0 Å². The zero-order valence-corrected chi connectivity index (χ0v) is 17.0. The fourth-order valence-electron chi connectivity index (χ4n) is 3.32. The Morgan fingerprint density at radius 1 is 0.600 bits per heavy atom. The van der Waals surface area contributed by atoms with Crippen molar-refractivity contribution in [2.75, 3.05) is 0 Å². The van der Waals surface area contributed by atoms with Crippen molar-refractivity contribution in [2.24, 2.45) is 0 Å². The molecular weight excluding hydrogens is 415 g/mol. The molecular formula is C22H22O2Sn. The summed E-state index contributed by atoms with van der Waals surface area (Å²) >= 11 is -3.30. The zero-order chi connectivity index (χ0) is 17.4. The first kappa shape index (κ1) is 17.7. The Morgan fingerprint density at radius 2 is 0.920 bits per heavy atom. The van der Waals surface area contributed by atoms with Crippen molar-refractivity contribution < 1.29 is 7.87 Å². The van der Waals surface area contributed by atoms with Gasteiger partial charge in [-0.25, -0.2) is 0 Å². The molecule has 0 atom stereocenters. The van der Waals surface area contributed by atoms with Gasteiger partial charge in [-0.1, -0.05) is 0 Å². The van der Waals surface area contributed by atoms with E-state index in [1.165, 1.54) is 16.7 Å². The van der Waals surface area contributed by atoms with Crippen LogP contribution in [0.15, 0.2) is 91.0 Å². The van der Waals surface area contributed by atoms with Gasteiger partial charge in [0.05, 0.1) is 0 Å². The molecule has 0 aliphatic rings. The van der Waals surface area contributed by atoms with Gasteiger partial charge in [0.2, 0.25) is 0 Å². The van der Waals surface area contributed by atoms with Gasteiger partial charge in [0.25, 0.3) is 0 Å². The molecule has 0 amide bonds. The Balaban J connectivity index is 1.95. The van der Waals surface area contributed by atoms with Crippen LogP contribution in [0.1, 0.15) is 16.7 Å². The molecule has 0 N–H and O–H groups in total. The van der Waals surface area contributed by atoms with Crippen LogP contribution >= 0.6 is 0 Å². The van der Waals surface area contributed by atoms with Gasteiger partial charge < -0.3 is 0 Å². The SMILES string of the molecule is O=C[O][Sn]([CH2]c1ccccc1)([CH2]c1ccccc1)[CH2]c1ccccc1. The van der Waals surface area contributed by atoms with Crippen molar-refractivity contribution in [3.63, 3.8) is 0 Å². The standard InChI is InChI=1S/3C7H7.CH2O2.Sn/c3*1-7-5-3-2-4-6-7;2-1-3;/h3*2-6H,1H2;1H,(H,2,3);/q;;;;+1/p-1. The van der Waals surface area contributed by atoms with Crippen LogP contribution in [-0.2, 0) is 21.2 Å². The Labute approximate surface area is 153 Å². The summed E-state index contributed by atoms with van der Waals surface area (Å²) in [5.41, 5.74) is 3.77. The molecule has 3 aromatic rings. The maximum absolute atomic E-state index is 11.4. The molecule has 3 heteroatoms. The van der Waals surface area contributed by atoms with E-state index in [0.717, 1.165) is 13.3 Å². The summed E-state index contributed by atoms with van der Waals surface area (Å²) in [5, 5.41) is 0. The molecule has 126 valence electrons. The van der Waals surface area contributed by atoms with E-state index >= 15 is 0 Å². The Morgan fingerprint density at radius 3 is 1.20 bits per heavy atom. The summed E-state index contributed by atoms with van der Waals surface area (Å²) < 4.78 is 8.63. The third-order valence-corrected chi connectivity index (χ3v) is 15.1. The van der Waals surface area contributed by atoms with Crippen LogP contribution in [0.3, 0.4) is 0 Å². The van der Waals surface area contributed by atoms with E-state index < -0.39 is 18.8 Å². The van der Waals surface area contributed by atoms with Gasteiger partial charge in [0.15, 0.2) is 0 Å². The van der Waals surface area contributed by atoms with Gasteiger partial charge in [-0.2, -0.15) is 0 Å². The third kappa shape index (κ3) is 5.20. The molecule has 0 aliphatic carbocycles. The van der Waals surface area contributed by atoms with E-state index in [0.29, 0.717) is 6.47 Å².